The number of hydrogen-bond donors (Lipinski definition) is 0. The zero-order chi connectivity index (χ0) is 19.6. The zero-order valence-corrected chi connectivity index (χ0v) is 18.4. The zero-order valence-electron chi connectivity index (χ0n) is 16.8. The summed E-state index contributed by atoms with van der Waals surface area (Å²) in [6.45, 7) is 3.40. The predicted octanol–water partition coefficient (Wildman–Crippen LogP) is 3.37. The Kier molecular flexibility index (Phi) is 7.40. The van der Waals surface area contributed by atoms with Crippen LogP contribution in [0.4, 0.5) is 5.13 Å². The van der Waals surface area contributed by atoms with Crippen LogP contribution in [0.5, 0.6) is 5.75 Å². The molecule has 0 aliphatic heterocycles. The number of thiazole rings is 1. The topological polar surface area (TPSA) is 63.5 Å². The molecule has 0 bridgehead atoms. The van der Waals surface area contributed by atoms with Crippen LogP contribution in [0.25, 0.3) is 10.2 Å². The summed E-state index contributed by atoms with van der Waals surface area (Å²) in [5, 5.41) is 5.02. The minimum Gasteiger partial charge on any atom is -0.494 e. The third-order valence-electron chi connectivity index (χ3n) is 4.39. The highest BCUT2D eigenvalue weighted by atomic mass is 35.5. The maximum Gasteiger partial charge on any atom is 0.280 e. The van der Waals surface area contributed by atoms with Gasteiger partial charge in [0.1, 0.15) is 11.3 Å². The molecule has 0 N–H and O–H groups in total. The van der Waals surface area contributed by atoms with Gasteiger partial charge in [-0.15, -0.1) is 12.4 Å². The van der Waals surface area contributed by atoms with Gasteiger partial charge in [0.25, 0.3) is 5.91 Å². The summed E-state index contributed by atoms with van der Waals surface area (Å²) in [6, 6.07) is 7.62. The first-order chi connectivity index (χ1) is 12.9. The molecule has 0 aliphatic rings. The summed E-state index contributed by atoms with van der Waals surface area (Å²) < 4.78 is 8.12. The minimum absolute atomic E-state index is 0. The van der Waals surface area contributed by atoms with Crippen molar-refractivity contribution >= 4 is 45.0 Å². The summed E-state index contributed by atoms with van der Waals surface area (Å²) in [4.78, 5) is 21.7. The highest BCUT2D eigenvalue weighted by Crippen LogP contribution is 2.34. The van der Waals surface area contributed by atoms with Crippen molar-refractivity contribution in [1.29, 1.82) is 0 Å². The van der Waals surface area contributed by atoms with Crippen molar-refractivity contribution in [2.75, 3.05) is 39.2 Å². The third kappa shape index (κ3) is 4.63. The van der Waals surface area contributed by atoms with E-state index in [-0.39, 0.29) is 18.3 Å². The fraction of sp³-hybridized carbons (Fsp3) is 0.421. The monoisotopic (exact) mass is 423 g/mol. The number of methoxy groups -OCH3 is 1. The van der Waals surface area contributed by atoms with E-state index in [4.69, 9.17) is 9.72 Å². The largest absolute Gasteiger partial charge is 0.494 e. The van der Waals surface area contributed by atoms with Gasteiger partial charge in [0.05, 0.1) is 11.8 Å². The summed E-state index contributed by atoms with van der Waals surface area (Å²) >= 11 is 1.49. The molecule has 9 heteroatoms. The number of nitrogens with zero attached hydrogens (tertiary/aromatic N) is 5. The number of para-hydroxylation sites is 1. The van der Waals surface area contributed by atoms with Crippen LogP contribution in [0.1, 0.15) is 22.6 Å². The summed E-state index contributed by atoms with van der Waals surface area (Å²) in [7, 11) is 7.52. The molecule has 1 aromatic carbocycles. The summed E-state index contributed by atoms with van der Waals surface area (Å²) in [5.74, 6) is 0.583. The van der Waals surface area contributed by atoms with E-state index in [1.165, 1.54) is 11.3 Å². The Morgan fingerprint density at radius 1 is 1.29 bits per heavy atom. The molecular formula is C19H26ClN5O2S. The number of carbonyl (C=O) groups is 1. The Hall–Kier alpha value is -2.16. The molecule has 0 saturated carbocycles. The van der Waals surface area contributed by atoms with Crippen LogP contribution < -0.4 is 9.64 Å². The lowest BCUT2D eigenvalue weighted by molar-refractivity contribution is 0.0980. The van der Waals surface area contributed by atoms with Crippen molar-refractivity contribution in [2.24, 2.45) is 7.05 Å². The van der Waals surface area contributed by atoms with Crippen LogP contribution in [0.3, 0.4) is 0 Å². The fourth-order valence-electron chi connectivity index (χ4n) is 2.82. The van der Waals surface area contributed by atoms with Gasteiger partial charge in [-0.1, -0.05) is 17.4 Å². The number of fused-ring (bicyclic) bond motifs is 1. The van der Waals surface area contributed by atoms with Gasteiger partial charge in [-0.25, -0.2) is 4.98 Å². The first-order valence-electron chi connectivity index (χ1n) is 8.81. The third-order valence-corrected chi connectivity index (χ3v) is 5.43. The number of hydrogen-bond acceptors (Lipinski definition) is 6. The number of carbonyl (C=O) groups excluding carboxylic acids is 1. The van der Waals surface area contributed by atoms with Gasteiger partial charge in [0.2, 0.25) is 0 Å². The lowest BCUT2D eigenvalue weighted by atomic mass is 10.3. The van der Waals surface area contributed by atoms with Gasteiger partial charge >= 0.3 is 0 Å². The van der Waals surface area contributed by atoms with Crippen LogP contribution in [-0.4, -0.2) is 59.9 Å². The molecule has 0 unspecified atom stereocenters. The van der Waals surface area contributed by atoms with Gasteiger partial charge in [-0.3, -0.25) is 14.4 Å². The highest BCUT2D eigenvalue weighted by Gasteiger charge is 2.24. The standard InChI is InChI=1S/C19H25N5O2S.ClH/c1-13-12-14(21-23(13)4)18(25)24(11-7-10-22(2)3)19-20-17-15(26-5)8-6-9-16(17)27-19;/h6,8-9,12H,7,10-11H2,1-5H3;1H. The number of aromatic nitrogens is 3. The van der Waals surface area contributed by atoms with Gasteiger partial charge in [0, 0.05) is 19.3 Å². The van der Waals surface area contributed by atoms with Crippen LogP contribution in [0.15, 0.2) is 24.3 Å². The van der Waals surface area contributed by atoms with Crippen molar-refractivity contribution in [3.05, 3.63) is 35.7 Å². The Balaban J connectivity index is 0.00000280. The summed E-state index contributed by atoms with van der Waals surface area (Å²) in [6.07, 6.45) is 0.845. The molecule has 0 saturated heterocycles. The maximum absolute atomic E-state index is 13.2. The van der Waals surface area contributed by atoms with Crippen LogP contribution in [0, 0.1) is 6.92 Å². The molecule has 2 aromatic heterocycles. The first-order valence-corrected chi connectivity index (χ1v) is 9.63. The van der Waals surface area contributed by atoms with Crippen LogP contribution >= 0.6 is 23.7 Å². The van der Waals surface area contributed by atoms with Gasteiger partial charge in [0.15, 0.2) is 10.8 Å². The van der Waals surface area contributed by atoms with E-state index in [1.807, 2.05) is 52.3 Å². The van der Waals surface area contributed by atoms with E-state index in [1.54, 1.807) is 16.7 Å². The number of anilines is 1. The number of halogens is 1. The number of ether oxygens (including phenoxy) is 1. The van der Waals surface area contributed by atoms with Gasteiger partial charge < -0.3 is 9.64 Å². The molecule has 0 fully saturated rings. The molecule has 2 heterocycles. The second-order valence-corrected chi connectivity index (χ2v) is 7.72. The van der Waals surface area contributed by atoms with Crippen molar-refractivity contribution in [2.45, 2.75) is 13.3 Å². The molecule has 3 aromatic rings. The normalized spacial score (nSPS) is 10.9. The fourth-order valence-corrected chi connectivity index (χ4v) is 3.83. The second kappa shape index (κ2) is 9.36. The van der Waals surface area contributed by atoms with E-state index in [9.17, 15) is 4.79 Å². The smallest absolute Gasteiger partial charge is 0.280 e. The first kappa shape index (κ1) is 22.1. The molecule has 0 aliphatic carbocycles. The average Bonchev–Trinajstić information content (AvgIpc) is 3.21. The van der Waals surface area contributed by atoms with E-state index in [0.29, 0.717) is 23.1 Å². The SMILES string of the molecule is COc1cccc2sc(N(CCCN(C)C)C(=O)c3cc(C)n(C)n3)nc12.Cl. The number of amides is 1. The molecule has 0 radical (unpaired) electrons. The lowest BCUT2D eigenvalue weighted by Gasteiger charge is -2.20. The van der Waals surface area contributed by atoms with Crippen molar-refractivity contribution in [3.63, 3.8) is 0 Å². The molecule has 0 atom stereocenters. The number of aryl methyl sites for hydroxylation is 2. The van der Waals surface area contributed by atoms with Crippen LogP contribution in [0.2, 0.25) is 0 Å². The van der Waals surface area contributed by atoms with Crippen molar-refractivity contribution in [3.8, 4) is 5.75 Å². The van der Waals surface area contributed by atoms with E-state index < -0.39 is 0 Å². The Bertz CT molecular complexity index is 934. The molecule has 1 amide bonds. The summed E-state index contributed by atoms with van der Waals surface area (Å²) in [5.41, 5.74) is 2.16. The number of rotatable bonds is 7. The van der Waals surface area contributed by atoms with E-state index in [0.717, 1.165) is 28.9 Å². The van der Waals surface area contributed by atoms with Crippen LogP contribution in [-0.2, 0) is 7.05 Å². The maximum atomic E-state index is 13.2. The Morgan fingerprint density at radius 2 is 2.04 bits per heavy atom. The quantitative estimate of drug-likeness (QED) is 0.583. The second-order valence-electron chi connectivity index (χ2n) is 6.71. The van der Waals surface area contributed by atoms with Crippen molar-refractivity contribution < 1.29 is 9.53 Å². The molecular weight excluding hydrogens is 398 g/mol. The molecule has 152 valence electrons. The number of benzene rings is 1. The molecule has 3 rings (SSSR count). The predicted molar refractivity (Wildman–Crippen MR) is 116 cm³/mol. The average molecular weight is 424 g/mol. The van der Waals surface area contributed by atoms with E-state index >= 15 is 0 Å². The van der Waals surface area contributed by atoms with Crippen molar-refractivity contribution in [1.82, 2.24) is 19.7 Å². The Labute approximate surface area is 175 Å². The van der Waals surface area contributed by atoms with E-state index in [2.05, 4.69) is 10.00 Å². The molecule has 7 nitrogen and oxygen atoms in total. The highest BCUT2D eigenvalue weighted by molar-refractivity contribution is 7.22. The van der Waals surface area contributed by atoms with Gasteiger partial charge in [-0.05, 0) is 52.2 Å². The molecule has 28 heavy (non-hydrogen) atoms. The minimum atomic E-state index is -0.129. The Morgan fingerprint density at radius 3 is 2.64 bits per heavy atom. The lowest BCUT2D eigenvalue weighted by Crippen LogP contribution is -2.33. The van der Waals surface area contributed by atoms with Gasteiger partial charge in [-0.2, -0.15) is 5.10 Å². The molecule has 0 spiro atoms.